The van der Waals surface area contributed by atoms with E-state index in [-0.39, 0.29) is 24.1 Å². The summed E-state index contributed by atoms with van der Waals surface area (Å²) in [6.45, 7) is 5.85. The van der Waals surface area contributed by atoms with E-state index in [2.05, 4.69) is 4.98 Å². The van der Waals surface area contributed by atoms with Crippen LogP contribution in [0.1, 0.15) is 37.4 Å². The fraction of sp³-hybridized carbons (Fsp3) is 0.400. The van der Waals surface area contributed by atoms with E-state index >= 15 is 0 Å². The van der Waals surface area contributed by atoms with E-state index in [0.29, 0.717) is 5.52 Å². The van der Waals surface area contributed by atoms with Crippen molar-refractivity contribution in [3.63, 3.8) is 0 Å². The highest BCUT2D eigenvalue weighted by molar-refractivity contribution is 5.86. The predicted octanol–water partition coefficient (Wildman–Crippen LogP) is 3.83. The van der Waals surface area contributed by atoms with Gasteiger partial charge in [-0.3, -0.25) is 4.79 Å². The summed E-state index contributed by atoms with van der Waals surface area (Å²) in [5.41, 5.74) is 2.23. The maximum absolute atomic E-state index is 13.8. The number of H-pyrrole nitrogens is 1. The highest BCUT2D eigenvalue weighted by Gasteiger charge is 2.25. The minimum atomic E-state index is -0.830. The third kappa shape index (κ3) is 2.48. The summed E-state index contributed by atoms with van der Waals surface area (Å²) < 4.78 is 13.8. The summed E-state index contributed by atoms with van der Waals surface area (Å²) in [7, 11) is 0. The maximum Gasteiger partial charge on any atom is 0.303 e. The van der Waals surface area contributed by atoms with Gasteiger partial charge in [-0.1, -0.05) is 26.0 Å². The molecule has 1 aromatic heterocycles. The summed E-state index contributed by atoms with van der Waals surface area (Å²) in [5, 5.41) is 9.85. The number of hydrogen-bond donors (Lipinski definition) is 2. The molecule has 1 heterocycles. The molecule has 2 rings (SSSR count). The Morgan fingerprint density at radius 3 is 2.68 bits per heavy atom. The lowest BCUT2D eigenvalue weighted by molar-refractivity contribution is -0.137. The molecule has 0 saturated heterocycles. The molecule has 1 atom stereocenters. The number of rotatable bonds is 4. The summed E-state index contributed by atoms with van der Waals surface area (Å²) in [6, 6.07) is 4.91. The molecule has 102 valence electrons. The molecule has 0 spiro atoms. The first-order valence-corrected chi connectivity index (χ1v) is 6.40. The summed E-state index contributed by atoms with van der Waals surface area (Å²) in [4.78, 5) is 14.1. The average Bonchev–Trinajstić information content (AvgIpc) is 2.64. The van der Waals surface area contributed by atoms with Crippen LogP contribution in [0.5, 0.6) is 0 Å². The average molecular weight is 263 g/mol. The highest BCUT2D eigenvalue weighted by atomic mass is 19.1. The van der Waals surface area contributed by atoms with Gasteiger partial charge < -0.3 is 10.1 Å². The number of aromatic nitrogens is 1. The molecule has 0 amide bonds. The Kier molecular flexibility index (Phi) is 3.60. The number of halogens is 1. The Bertz CT molecular complexity index is 616. The molecule has 0 aliphatic carbocycles. The van der Waals surface area contributed by atoms with Crippen molar-refractivity contribution in [3.05, 3.63) is 35.3 Å². The third-order valence-electron chi connectivity index (χ3n) is 3.59. The molecular formula is C15H18FNO2. The number of carboxylic acids is 1. The van der Waals surface area contributed by atoms with Gasteiger partial charge in [0.1, 0.15) is 5.82 Å². The Labute approximate surface area is 111 Å². The zero-order chi connectivity index (χ0) is 14.2. The zero-order valence-electron chi connectivity index (χ0n) is 11.3. The minimum Gasteiger partial charge on any atom is -0.481 e. The van der Waals surface area contributed by atoms with Crippen LogP contribution < -0.4 is 0 Å². The Hall–Kier alpha value is -1.84. The number of fused-ring (bicyclic) bond motifs is 1. The van der Waals surface area contributed by atoms with E-state index in [1.54, 1.807) is 6.07 Å². The van der Waals surface area contributed by atoms with E-state index in [9.17, 15) is 9.18 Å². The lowest BCUT2D eigenvalue weighted by atomic mass is 9.84. The normalized spacial score (nSPS) is 13.1. The van der Waals surface area contributed by atoms with Gasteiger partial charge in [-0.25, -0.2) is 4.39 Å². The molecular weight excluding hydrogens is 245 g/mol. The first-order valence-electron chi connectivity index (χ1n) is 6.40. The monoisotopic (exact) mass is 263 g/mol. The number of carbonyl (C=O) groups is 1. The molecule has 0 fully saturated rings. The quantitative estimate of drug-likeness (QED) is 0.880. The van der Waals surface area contributed by atoms with E-state index < -0.39 is 5.97 Å². The van der Waals surface area contributed by atoms with Crippen LogP contribution in [0, 0.1) is 18.7 Å². The van der Waals surface area contributed by atoms with Crippen molar-refractivity contribution in [2.75, 3.05) is 0 Å². The van der Waals surface area contributed by atoms with Crippen LogP contribution in [0.4, 0.5) is 4.39 Å². The van der Waals surface area contributed by atoms with Crippen molar-refractivity contribution in [2.45, 2.75) is 33.1 Å². The molecule has 2 aromatic rings. The number of hydrogen-bond acceptors (Lipinski definition) is 1. The summed E-state index contributed by atoms with van der Waals surface area (Å²) >= 11 is 0. The van der Waals surface area contributed by atoms with Crippen molar-refractivity contribution < 1.29 is 14.3 Å². The summed E-state index contributed by atoms with van der Waals surface area (Å²) in [5.74, 6) is -1.07. The number of aromatic amines is 1. The standard InChI is InChI=1S/C15H18FNO2/c1-8(2)11(7-13(18)19)14-9(3)17-15-10(14)5-4-6-12(15)16/h4-6,8,11,17H,7H2,1-3H3,(H,18,19). The van der Waals surface area contributed by atoms with Crippen molar-refractivity contribution in [3.8, 4) is 0 Å². The second kappa shape index (κ2) is 5.03. The number of carboxylic acid groups (broad SMARTS) is 1. The van der Waals surface area contributed by atoms with Crippen LogP contribution >= 0.6 is 0 Å². The lowest BCUT2D eigenvalue weighted by Gasteiger charge is -2.19. The molecule has 19 heavy (non-hydrogen) atoms. The Morgan fingerprint density at radius 1 is 1.42 bits per heavy atom. The maximum atomic E-state index is 13.8. The number of aliphatic carboxylic acids is 1. The lowest BCUT2D eigenvalue weighted by Crippen LogP contribution is -2.12. The first kappa shape index (κ1) is 13.6. The van der Waals surface area contributed by atoms with Crippen LogP contribution in [0.15, 0.2) is 18.2 Å². The van der Waals surface area contributed by atoms with Crippen LogP contribution in [-0.4, -0.2) is 16.1 Å². The smallest absolute Gasteiger partial charge is 0.303 e. The van der Waals surface area contributed by atoms with Gasteiger partial charge in [-0.15, -0.1) is 0 Å². The van der Waals surface area contributed by atoms with Gasteiger partial charge in [-0.05, 0) is 30.4 Å². The molecule has 1 unspecified atom stereocenters. The Morgan fingerprint density at radius 2 is 2.11 bits per heavy atom. The first-order chi connectivity index (χ1) is 8.91. The van der Waals surface area contributed by atoms with Crippen molar-refractivity contribution in [1.82, 2.24) is 4.98 Å². The molecule has 2 N–H and O–H groups in total. The number of benzene rings is 1. The molecule has 0 bridgehead atoms. The second-order valence-electron chi connectivity index (χ2n) is 5.27. The van der Waals surface area contributed by atoms with E-state index in [1.165, 1.54) is 6.07 Å². The summed E-state index contributed by atoms with van der Waals surface area (Å²) in [6.07, 6.45) is 0.0575. The topological polar surface area (TPSA) is 53.1 Å². The van der Waals surface area contributed by atoms with Crippen LogP contribution in [0.3, 0.4) is 0 Å². The van der Waals surface area contributed by atoms with E-state index in [0.717, 1.165) is 16.6 Å². The molecule has 1 aromatic carbocycles. The molecule has 0 saturated carbocycles. The van der Waals surface area contributed by atoms with Gasteiger partial charge in [0.15, 0.2) is 0 Å². The van der Waals surface area contributed by atoms with Gasteiger partial charge in [0, 0.05) is 11.1 Å². The minimum absolute atomic E-state index is 0.0575. The van der Waals surface area contributed by atoms with Crippen LogP contribution in [-0.2, 0) is 4.79 Å². The fourth-order valence-electron chi connectivity index (χ4n) is 2.67. The fourth-order valence-corrected chi connectivity index (χ4v) is 2.67. The van der Waals surface area contributed by atoms with Gasteiger partial charge in [-0.2, -0.15) is 0 Å². The largest absolute Gasteiger partial charge is 0.481 e. The van der Waals surface area contributed by atoms with E-state index in [4.69, 9.17) is 5.11 Å². The van der Waals surface area contributed by atoms with E-state index in [1.807, 2.05) is 26.8 Å². The molecule has 0 radical (unpaired) electrons. The molecule has 0 aliphatic rings. The predicted molar refractivity (Wildman–Crippen MR) is 72.8 cm³/mol. The molecule has 0 aliphatic heterocycles. The molecule has 3 nitrogen and oxygen atoms in total. The van der Waals surface area contributed by atoms with Crippen molar-refractivity contribution in [2.24, 2.45) is 5.92 Å². The van der Waals surface area contributed by atoms with Crippen LogP contribution in [0.2, 0.25) is 0 Å². The number of aryl methyl sites for hydroxylation is 1. The van der Waals surface area contributed by atoms with Gasteiger partial charge in [0.05, 0.1) is 11.9 Å². The van der Waals surface area contributed by atoms with Crippen LogP contribution in [0.25, 0.3) is 10.9 Å². The number of para-hydroxylation sites is 1. The second-order valence-corrected chi connectivity index (χ2v) is 5.27. The highest BCUT2D eigenvalue weighted by Crippen LogP contribution is 2.36. The third-order valence-corrected chi connectivity index (χ3v) is 3.59. The van der Waals surface area contributed by atoms with Gasteiger partial charge in [0.25, 0.3) is 0 Å². The van der Waals surface area contributed by atoms with Gasteiger partial charge in [0.2, 0.25) is 0 Å². The van der Waals surface area contributed by atoms with Gasteiger partial charge >= 0.3 is 5.97 Å². The van der Waals surface area contributed by atoms with Crippen molar-refractivity contribution in [1.29, 1.82) is 0 Å². The SMILES string of the molecule is Cc1[nH]c2c(F)cccc2c1C(CC(=O)O)C(C)C. The number of nitrogens with one attached hydrogen (secondary N) is 1. The van der Waals surface area contributed by atoms with Crippen molar-refractivity contribution >= 4 is 16.9 Å². The Balaban J connectivity index is 2.62. The zero-order valence-corrected chi connectivity index (χ0v) is 11.3. The molecule has 4 heteroatoms.